The number of likely N-dealkylation sites (tertiary alicyclic amines) is 1. The van der Waals surface area contributed by atoms with Crippen LogP contribution >= 0.6 is 11.6 Å². The van der Waals surface area contributed by atoms with Crippen LogP contribution in [0.1, 0.15) is 37.8 Å². The fraction of sp³-hybridized carbons (Fsp3) is 0.364. The predicted molar refractivity (Wildman–Crippen MR) is 111 cm³/mol. The van der Waals surface area contributed by atoms with E-state index in [1.807, 2.05) is 41.3 Å². The Morgan fingerprint density at radius 3 is 2.57 bits per heavy atom. The Morgan fingerprint density at radius 2 is 1.93 bits per heavy atom. The van der Waals surface area contributed by atoms with E-state index >= 15 is 0 Å². The third-order valence-corrected chi connectivity index (χ3v) is 5.44. The second kappa shape index (κ2) is 9.11. The number of unbranched alkanes of at least 4 members (excludes halogenated alkanes) is 1. The molecular formula is C22H25ClN2O3. The third-order valence-electron chi connectivity index (χ3n) is 5.11. The number of halogens is 1. The zero-order valence-corrected chi connectivity index (χ0v) is 16.9. The van der Waals surface area contributed by atoms with Gasteiger partial charge >= 0.3 is 0 Å². The van der Waals surface area contributed by atoms with E-state index in [1.165, 1.54) is 0 Å². The molecule has 148 valence electrons. The smallest absolute Gasteiger partial charge is 0.230 e. The van der Waals surface area contributed by atoms with Crippen molar-refractivity contribution in [3.05, 3.63) is 59.1 Å². The Kier molecular flexibility index (Phi) is 6.57. The summed E-state index contributed by atoms with van der Waals surface area (Å²) < 4.78 is 5.24. The molecular weight excluding hydrogens is 376 g/mol. The van der Waals surface area contributed by atoms with E-state index in [1.54, 1.807) is 19.2 Å². The summed E-state index contributed by atoms with van der Waals surface area (Å²) in [4.78, 5) is 27.6. The van der Waals surface area contributed by atoms with Crippen molar-refractivity contribution in [2.75, 3.05) is 19.0 Å². The van der Waals surface area contributed by atoms with Gasteiger partial charge in [0, 0.05) is 13.0 Å². The molecule has 2 amide bonds. The summed E-state index contributed by atoms with van der Waals surface area (Å²) in [6.07, 6.45) is 2.07. The minimum atomic E-state index is -0.478. The minimum Gasteiger partial charge on any atom is -0.497 e. The maximum absolute atomic E-state index is 13.1. The van der Waals surface area contributed by atoms with Gasteiger partial charge in [-0.2, -0.15) is 0 Å². The highest BCUT2D eigenvalue weighted by atomic mass is 35.5. The van der Waals surface area contributed by atoms with Crippen molar-refractivity contribution in [3.8, 4) is 5.75 Å². The van der Waals surface area contributed by atoms with Crippen LogP contribution in [0.5, 0.6) is 5.75 Å². The van der Waals surface area contributed by atoms with Gasteiger partial charge < -0.3 is 15.0 Å². The Labute approximate surface area is 170 Å². The van der Waals surface area contributed by atoms with E-state index in [9.17, 15) is 9.59 Å². The lowest BCUT2D eigenvalue weighted by atomic mass is 9.92. The van der Waals surface area contributed by atoms with Crippen LogP contribution in [0.25, 0.3) is 0 Å². The predicted octanol–water partition coefficient (Wildman–Crippen LogP) is 4.68. The summed E-state index contributed by atoms with van der Waals surface area (Å²) in [6.45, 7) is 2.73. The molecule has 6 heteroatoms. The van der Waals surface area contributed by atoms with Gasteiger partial charge in [-0.15, -0.1) is 0 Å². The molecule has 1 saturated heterocycles. The van der Waals surface area contributed by atoms with E-state index < -0.39 is 5.92 Å². The number of para-hydroxylation sites is 1. The van der Waals surface area contributed by atoms with Crippen molar-refractivity contribution < 1.29 is 14.3 Å². The molecule has 1 heterocycles. The molecule has 3 rings (SSSR count). The number of benzene rings is 2. The molecule has 0 bridgehead atoms. The van der Waals surface area contributed by atoms with Gasteiger partial charge in [-0.05, 0) is 36.2 Å². The molecule has 5 nitrogen and oxygen atoms in total. The Bertz CT molecular complexity index is 838. The molecule has 1 aliphatic rings. The molecule has 0 spiro atoms. The molecule has 0 saturated carbocycles. The first-order valence-corrected chi connectivity index (χ1v) is 9.91. The van der Waals surface area contributed by atoms with E-state index in [0.717, 1.165) is 24.2 Å². The second-order valence-electron chi connectivity index (χ2n) is 6.94. The van der Waals surface area contributed by atoms with Crippen molar-refractivity contribution in [2.24, 2.45) is 5.92 Å². The number of nitrogens with zero attached hydrogens (tertiary/aromatic N) is 1. The van der Waals surface area contributed by atoms with Crippen molar-refractivity contribution in [2.45, 2.75) is 32.2 Å². The van der Waals surface area contributed by atoms with Crippen molar-refractivity contribution in [1.82, 2.24) is 4.90 Å². The Hall–Kier alpha value is -2.53. The first kappa shape index (κ1) is 20.2. The van der Waals surface area contributed by atoms with E-state index in [0.29, 0.717) is 17.3 Å². The van der Waals surface area contributed by atoms with Gasteiger partial charge in [0.15, 0.2) is 0 Å². The normalized spacial score (nSPS) is 19.0. The topological polar surface area (TPSA) is 58.6 Å². The number of hydrogen-bond donors (Lipinski definition) is 1. The summed E-state index contributed by atoms with van der Waals surface area (Å²) in [7, 11) is 1.61. The number of anilines is 1. The van der Waals surface area contributed by atoms with Crippen LogP contribution in [0.4, 0.5) is 5.69 Å². The average Bonchev–Trinajstić information content (AvgIpc) is 3.04. The minimum absolute atomic E-state index is 0.00794. The van der Waals surface area contributed by atoms with Crippen LogP contribution in [0.2, 0.25) is 5.02 Å². The molecule has 0 radical (unpaired) electrons. The highest BCUT2D eigenvalue weighted by Crippen LogP contribution is 2.39. The lowest BCUT2D eigenvalue weighted by molar-refractivity contribution is -0.129. The fourth-order valence-electron chi connectivity index (χ4n) is 3.62. The second-order valence-corrected chi connectivity index (χ2v) is 7.35. The summed E-state index contributed by atoms with van der Waals surface area (Å²) in [5.41, 5.74) is 1.49. The molecule has 2 aromatic carbocycles. The maximum Gasteiger partial charge on any atom is 0.230 e. The number of hydrogen-bond acceptors (Lipinski definition) is 3. The molecule has 2 atom stereocenters. The number of carbonyl (C=O) groups is 2. The van der Waals surface area contributed by atoms with E-state index in [-0.39, 0.29) is 24.3 Å². The maximum atomic E-state index is 13.1. The molecule has 1 N–H and O–H groups in total. The van der Waals surface area contributed by atoms with Crippen LogP contribution in [-0.2, 0) is 9.59 Å². The van der Waals surface area contributed by atoms with Crippen LogP contribution < -0.4 is 10.1 Å². The monoisotopic (exact) mass is 400 g/mol. The van der Waals surface area contributed by atoms with Crippen molar-refractivity contribution in [3.63, 3.8) is 0 Å². The van der Waals surface area contributed by atoms with Crippen LogP contribution in [0.15, 0.2) is 48.5 Å². The Balaban J connectivity index is 1.89. The average molecular weight is 401 g/mol. The zero-order valence-electron chi connectivity index (χ0n) is 16.2. The lowest BCUT2D eigenvalue weighted by Gasteiger charge is -2.28. The van der Waals surface area contributed by atoms with E-state index in [4.69, 9.17) is 16.3 Å². The molecule has 2 aromatic rings. The lowest BCUT2D eigenvalue weighted by Crippen LogP contribution is -2.33. The number of amides is 2. The SMILES string of the molecule is CCCCN1C(=O)CC(C(=O)Nc2ccccc2Cl)C1c1ccc(OC)cc1. The summed E-state index contributed by atoms with van der Waals surface area (Å²) in [5.74, 6) is 0.0779. The molecule has 1 fully saturated rings. The quantitative estimate of drug-likeness (QED) is 0.734. The van der Waals surface area contributed by atoms with Gasteiger partial charge in [-0.25, -0.2) is 0 Å². The van der Waals surface area contributed by atoms with Crippen molar-refractivity contribution in [1.29, 1.82) is 0 Å². The highest BCUT2D eigenvalue weighted by Gasteiger charge is 2.44. The summed E-state index contributed by atoms with van der Waals surface area (Å²) >= 11 is 6.18. The standard InChI is InChI=1S/C22H25ClN2O3/c1-3-4-13-25-20(26)14-17(21(25)15-9-11-16(28-2)12-10-15)22(27)24-19-8-6-5-7-18(19)23/h5-12,17,21H,3-4,13-14H2,1-2H3,(H,24,27). The van der Waals surface area contributed by atoms with Gasteiger partial charge in [-0.3, -0.25) is 9.59 Å². The number of methoxy groups -OCH3 is 1. The highest BCUT2D eigenvalue weighted by molar-refractivity contribution is 6.33. The van der Waals surface area contributed by atoms with Gasteiger partial charge in [0.1, 0.15) is 5.75 Å². The molecule has 0 aromatic heterocycles. The van der Waals surface area contributed by atoms with Gasteiger partial charge in [0.25, 0.3) is 0 Å². The number of nitrogens with one attached hydrogen (secondary N) is 1. The Morgan fingerprint density at radius 1 is 1.21 bits per heavy atom. The number of carbonyl (C=O) groups excluding carboxylic acids is 2. The summed E-state index contributed by atoms with van der Waals surface area (Å²) in [5, 5.41) is 3.37. The van der Waals surface area contributed by atoms with E-state index in [2.05, 4.69) is 12.2 Å². The molecule has 2 unspecified atom stereocenters. The molecule has 0 aliphatic carbocycles. The van der Waals surface area contributed by atoms with Crippen LogP contribution in [0.3, 0.4) is 0 Å². The molecule has 28 heavy (non-hydrogen) atoms. The fourth-order valence-corrected chi connectivity index (χ4v) is 3.80. The van der Waals surface area contributed by atoms with Crippen LogP contribution in [0, 0.1) is 5.92 Å². The van der Waals surface area contributed by atoms with Gasteiger partial charge in [-0.1, -0.05) is 49.2 Å². The number of rotatable bonds is 7. The van der Waals surface area contributed by atoms with Crippen LogP contribution in [-0.4, -0.2) is 30.4 Å². The zero-order chi connectivity index (χ0) is 20.1. The van der Waals surface area contributed by atoms with Crippen molar-refractivity contribution >= 4 is 29.1 Å². The number of ether oxygens (including phenoxy) is 1. The third kappa shape index (κ3) is 4.30. The summed E-state index contributed by atoms with van der Waals surface area (Å²) in [6, 6.07) is 14.4. The first-order valence-electron chi connectivity index (χ1n) is 9.54. The van der Waals surface area contributed by atoms with Gasteiger partial charge in [0.2, 0.25) is 11.8 Å². The molecule has 1 aliphatic heterocycles. The largest absolute Gasteiger partial charge is 0.497 e. The first-order chi connectivity index (χ1) is 13.5. The van der Waals surface area contributed by atoms with Gasteiger partial charge in [0.05, 0.1) is 29.8 Å².